The lowest BCUT2D eigenvalue weighted by molar-refractivity contribution is 0.0938. The van der Waals surface area contributed by atoms with Crippen molar-refractivity contribution in [1.82, 2.24) is 5.32 Å². The van der Waals surface area contributed by atoms with E-state index in [-0.39, 0.29) is 6.61 Å². The van der Waals surface area contributed by atoms with Crippen molar-refractivity contribution in [2.45, 2.75) is 13.5 Å². The Labute approximate surface area is 124 Å². The zero-order valence-corrected chi connectivity index (χ0v) is 12.7. The maximum absolute atomic E-state index is 8.57. The molecule has 0 aliphatic rings. The first-order valence-electron chi connectivity index (χ1n) is 6.61. The lowest BCUT2D eigenvalue weighted by atomic mass is 10.2. The molecule has 0 atom stereocenters. The van der Waals surface area contributed by atoms with Crippen LogP contribution in [0.2, 0.25) is 5.02 Å². The minimum atomic E-state index is 0.0473. The smallest absolute Gasteiger partial charge is 0.179 e. The molecule has 0 bridgehead atoms. The molecule has 0 saturated heterocycles. The van der Waals surface area contributed by atoms with E-state index in [1.807, 2.05) is 19.1 Å². The number of nitrogens with one attached hydrogen (secondary N) is 1. The van der Waals surface area contributed by atoms with Crippen LogP contribution >= 0.6 is 11.6 Å². The number of hydrogen-bond donors (Lipinski definition) is 2. The molecule has 20 heavy (non-hydrogen) atoms. The second-order valence-electron chi connectivity index (χ2n) is 4.05. The van der Waals surface area contributed by atoms with Crippen LogP contribution < -0.4 is 14.8 Å². The van der Waals surface area contributed by atoms with Crippen molar-refractivity contribution in [3.8, 4) is 11.5 Å². The molecule has 0 aromatic heterocycles. The average molecular weight is 304 g/mol. The van der Waals surface area contributed by atoms with Gasteiger partial charge in [0.25, 0.3) is 0 Å². The molecule has 0 heterocycles. The second-order valence-corrected chi connectivity index (χ2v) is 4.46. The van der Waals surface area contributed by atoms with Crippen LogP contribution in [0.25, 0.3) is 0 Å². The SMILES string of the molecule is CCOc1c(Cl)cc(CNCCOCCO)cc1OC. The van der Waals surface area contributed by atoms with Gasteiger partial charge in [0.2, 0.25) is 0 Å². The molecule has 0 spiro atoms. The van der Waals surface area contributed by atoms with Crippen molar-refractivity contribution in [2.24, 2.45) is 0 Å². The molecule has 1 rings (SSSR count). The van der Waals surface area contributed by atoms with Gasteiger partial charge in [-0.3, -0.25) is 0 Å². The van der Waals surface area contributed by atoms with Crippen molar-refractivity contribution < 1.29 is 19.3 Å². The minimum absolute atomic E-state index is 0.0473. The number of hydrogen-bond acceptors (Lipinski definition) is 5. The number of rotatable bonds is 10. The van der Waals surface area contributed by atoms with E-state index in [1.165, 1.54) is 0 Å². The number of halogens is 1. The number of methoxy groups -OCH3 is 1. The predicted molar refractivity (Wildman–Crippen MR) is 78.8 cm³/mol. The zero-order chi connectivity index (χ0) is 14.8. The highest BCUT2D eigenvalue weighted by Crippen LogP contribution is 2.36. The monoisotopic (exact) mass is 303 g/mol. The second kappa shape index (κ2) is 9.83. The fourth-order valence-electron chi connectivity index (χ4n) is 1.70. The minimum Gasteiger partial charge on any atom is -0.493 e. The molecule has 114 valence electrons. The zero-order valence-electron chi connectivity index (χ0n) is 11.9. The van der Waals surface area contributed by atoms with Crippen LogP contribution in [0.5, 0.6) is 11.5 Å². The molecule has 1 aromatic carbocycles. The summed E-state index contributed by atoms with van der Waals surface area (Å²) in [7, 11) is 1.59. The van der Waals surface area contributed by atoms with Gasteiger partial charge in [0.1, 0.15) is 0 Å². The third kappa shape index (κ3) is 5.54. The van der Waals surface area contributed by atoms with Crippen molar-refractivity contribution >= 4 is 11.6 Å². The first-order chi connectivity index (χ1) is 9.72. The molecule has 2 N–H and O–H groups in total. The number of aliphatic hydroxyl groups is 1. The van der Waals surface area contributed by atoms with Crippen molar-refractivity contribution in [1.29, 1.82) is 0 Å². The summed E-state index contributed by atoms with van der Waals surface area (Å²) < 4.78 is 15.9. The molecular formula is C14H22ClNO4. The Morgan fingerprint density at radius 2 is 2.10 bits per heavy atom. The summed E-state index contributed by atoms with van der Waals surface area (Å²) in [6.45, 7) is 4.77. The summed E-state index contributed by atoms with van der Waals surface area (Å²) in [5.41, 5.74) is 1.01. The molecule has 0 unspecified atom stereocenters. The Morgan fingerprint density at radius 1 is 1.30 bits per heavy atom. The van der Waals surface area contributed by atoms with Gasteiger partial charge in [-0.25, -0.2) is 0 Å². The van der Waals surface area contributed by atoms with E-state index in [4.69, 9.17) is 30.9 Å². The molecular weight excluding hydrogens is 282 g/mol. The summed E-state index contributed by atoms with van der Waals surface area (Å²) in [5, 5.41) is 12.3. The van der Waals surface area contributed by atoms with Gasteiger partial charge in [-0.2, -0.15) is 0 Å². The Hall–Kier alpha value is -1.01. The molecule has 5 nitrogen and oxygen atoms in total. The quantitative estimate of drug-likeness (QED) is 0.646. The third-order valence-corrected chi connectivity index (χ3v) is 2.85. The van der Waals surface area contributed by atoms with E-state index in [1.54, 1.807) is 7.11 Å². The lowest BCUT2D eigenvalue weighted by Gasteiger charge is -2.13. The van der Waals surface area contributed by atoms with Crippen LogP contribution in [-0.2, 0) is 11.3 Å². The first kappa shape index (κ1) is 17.0. The van der Waals surface area contributed by atoms with Crippen molar-refractivity contribution in [2.75, 3.05) is 40.1 Å². The van der Waals surface area contributed by atoms with Gasteiger partial charge in [0, 0.05) is 13.1 Å². The van der Waals surface area contributed by atoms with E-state index in [0.717, 1.165) is 5.56 Å². The molecule has 0 aliphatic heterocycles. The highest BCUT2D eigenvalue weighted by molar-refractivity contribution is 6.32. The predicted octanol–water partition coefficient (Wildman–Crippen LogP) is 1.85. The van der Waals surface area contributed by atoms with E-state index < -0.39 is 0 Å². The maximum atomic E-state index is 8.57. The summed E-state index contributed by atoms with van der Waals surface area (Å²) in [6.07, 6.45) is 0. The molecule has 0 saturated carbocycles. The van der Waals surface area contributed by atoms with Gasteiger partial charge < -0.3 is 24.6 Å². The molecule has 0 amide bonds. The largest absolute Gasteiger partial charge is 0.493 e. The summed E-state index contributed by atoms with van der Waals surface area (Å²) in [5.74, 6) is 1.21. The maximum Gasteiger partial charge on any atom is 0.179 e. The Balaban J connectivity index is 2.52. The Morgan fingerprint density at radius 3 is 2.75 bits per heavy atom. The molecule has 0 fully saturated rings. The number of aliphatic hydroxyl groups excluding tert-OH is 1. The average Bonchev–Trinajstić information content (AvgIpc) is 2.45. The van der Waals surface area contributed by atoms with Gasteiger partial charge in [0.05, 0.1) is 38.6 Å². The lowest BCUT2D eigenvalue weighted by Crippen LogP contribution is -2.20. The summed E-state index contributed by atoms with van der Waals surface area (Å²) in [6, 6.07) is 3.76. The van der Waals surface area contributed by atoms with Gasteiger partial charge in [0.15, 0.2) is 11.5 Å². The molecule has 6 heteroatoms. The van der Waals surface area contributed by atoms with Crippen LogP contribution in [0.1, 0.15) is 12.5 Å². The third-order valence-electron chi connectivity index (χ3n) is 2.57. The molecule has 0 radical (unpaired) electrons. The van der Waals surface area contributed by atoms with Gasteiger partial charge in [-0.05, 0) is 24.6 Å². The van der Waals surface area contributed by atoms with Crippen LogP contribution in [0, 0.1) is 0 Å². The highest BCUT2D eigenvalue weighted by atomic mass is 35.5. The Kier molecular flexibility index (Phi) is 8.37. The normalized spacial score (nSPS) is 10.6. The first-order valence-corrected chi connectivity index (χ1v) is 6.99. The summed E-state index contributed by atoms with van der Waals surface area (Å²) in [4.78, 5) is 0. The Bertz CT molecular complexity index is 401. The van der Waals surface area contributed by atoms with Crippen LogP contribution in [0.3, 0.4) is 0 Å². The van der Waals surface area contributed by atoms with Crippen molar-refractivity contribution in [3.05, 3.63) is 22.7 Å². The molecule has 1 aromatic rings. The topological polar surface area (TPSA) is 60.0 Å². The van der Waals surface area contributed by atoms with Crippen LogP contribution in [-0.4, -0.2) is 45.2 Å². The van der Waals surface area contributed by atoms with Gasteiger partial charge in [-0.15, -0.1) is 0 Å². The van der Waals surface area contributed by atoms with Gasteiger partial charge in [-0.1, -0.05) is 11.6 Å². The van der Waals surface area contributed by atoms with E-state index in [0.29, 0.717) is 49.4 Å². The number of benzene rings is 1. The standard InChI is InChI=1S/C14H22ClNO4/c1-3-20-14-12(15)8-11(9-13(14)18-2)10-16-4-6-19-7-5-17/h8-9,16-17H,3-7,10H2,1-2H3. The molecule has 0 aliphatic carbocycles. The van der Waals surface area contributed by atoms with Gasteiger partial charge >= 0.3 is 0 Å². The summed E-state index contributed by atoms with van der Waals surface area (Å²) >= 11 is 6.19. The fraction of sp³-hybridized carbons (Fsp3) is 0.571. The van der Waals surface area contributed by atoms with Crippen LogP contribution in [0.4, 0.5) is 0 Å². The highest BCUT2D eigenvalue weighted by Gasteiger charge is 2.11. The van der Waals surface area contributed by atoms with E-state index in [2.05, 4.69) is 5.32 Å². The number of ether oxygens (including phenoxy) is 3. The fourth-order valence-corrected chi connectivity index (χ4v) is 1.99. The van der Waals surface area contributed by atoms with Crippen LogP contribution in [0.15, 0.2) is 12.1 Å². The van der Waals surface area contributed by atoms with E-state index >= 15 is 0 Å². The van der Waals surface area contributed by atoms with E-state index in [9.17, 15) is 0 Å². The van der Waals surface area contributed by atoms with Crippen molar-refractivity contribution in [3.63, 3.8) is 0 Å².